The number of hydrogen-bond acceptors (Lipinski definition) is 3. The number of nitrogens with zero attached hydrogens (tertiary/aromatic N) is 1. The summed E-state index contributed by atoms with van der Waals surface area (Å²) >= 11 is 5.89. The summed E-state index contributed by atoms with van der Waals surface area (Å²) in [5.74, 6) is -1.41. The number of hydrogen-bond donors (Lipinski definition) is 2. The third kappa shape index (κ3) is 3.90. The van der Waals surface area contributed by atoms with Crippen molar-refractivity contribution >= 4 is 29.7 Å². The van der Waals surface area contributed by atoms with Crippen molar-refractivity contribution < 1.29 is 14.7 Å². The number of rotatable bonds is 4. The molecule has 106 valence electrons. The fourth-order valence-electron chi connectivity index (χ4n) is 1.58. The molecule has 6 heteroatoms. The van der Waals surface area contributed by atoms with Crippen LogP contribution in [0.1, 0.15) is 26.3 Å². The Kier molecular flexibility index (Phi) is 4.68. The van der Waals surface area contributed by atoms with Crippen LogP contribution in [0, 0.1) is 0 Å². The molecule has 0 radical (unpaired) electrons. The third-order valence-corrected chi connectivity index (χ3v) is 2.99. The molecule has 0 aliphatic rings. The van der Waals surface area contributed by atoms with Gasteiger partial charge in [0.15, 0.2) is 0 Å². The maximum Gasteiger partial charge on any atom is 0.335 e. The van der Waals surface area contributed by atoms with Gasteiger partial charge in [-0.1, -0.05) is 35.9 Å². The largest absolute Gasteiger partial charge is 0.478 e. The Hall–Kier alpha value is -2.66. The van der Waals surface area contributed by atoms with Crippen LogP contribution in [0.2, 0.25) is 5.02 Å². The molecule has 0 saturated carbocycles. The summed E-state index contributed by atoms with van der Waals surface area (Å²) in [6, 6.07) is 12.7. The Morgan fingerprint density at radius 1 is 1.10 bits per heavy atom. The summed E-state index contributed by atoms with van der Waals surface area (Å²) in [5.41, 5.74) is 3.54. The van der Waals surface area contributed by atoms with Gasteiger partial charge in [0.1, 0.15) is 0 Å². The fourth-order valence-corrected chi connectivity index (χ4v) is 1.80. The predicted octanol–water partition coefficient (Wildman–Crippen LogP) is 2.80. The van der Waals surface area contributed by atoms with Gasteiger partial charge in [0.25, 0.3) is 5.91 Å². The van der Waals surface area contributed by atoms with E-state index >= 15 is 0 Å². The molecule has 0 bridgehead atoms. The van der Waals surface area contributed by atoms with Gasteiger partial charge in [0, 0.05) is 0 Å². The normalized spacial score (nSPS) is 10.5. The van der Waals surface area contributed by atoms with Gasteiger partial charge in [-0.25, -0.2) is 10.2 Å². The number of carboxylic acids is 1. The second kappa shape index (κ2) is 6.67. The van der Waals surface area contributed by atoms with E-state index < -0.39 is 11.9 Å². The lowest BCUT2D eigenvalue weighted by atomic mass is 10.1. The van der Waals surface area contributed by atoms with E-state index in [2.05, 4.69) is 10.5 Å². The Morgan fingerprint density at radius 3 is 2.38 bits per heavy atom. The van der Waals surface area contributed by atoms with Crippen molar-refractivity contribution in [1.82, 2.24) is 5.43 Å². The second-order valence-corrected chi connectivity index (χ2v) is 4.51. The fraction of sp³-hybridized carbons (Fsp3) is 0. The van der Waals surface area contributed by atoms with E-state index in [1.165, 1.54) is 18.3 Å². The molecule has 0 heterocycles. The van der Waals surface area contributed by atoms with Gasteiger partial charge in [0.05, 0.1) is 22.4 Å². The van der Waals surface area contributed by atoms with Crippen molar-refractivity contribution in [2.75, 3.05) is 0 Å². The van der Waals surface area contributed by atoms with Crippen LogP contribution in [0.15, 0.2) is 53.6 Å². The lowest BCUT2D eigenvalue weighted by Crippen LogP contribution is -2.17. The summed E-state index contributed by atoms with van der Waals surface area (Å²) < 4.78 is 0. The summed E-state index contributed by atoms with van der Waals surface area (Å²) in [6.45, 7) is 0. The molecule has 0 saturated heterocycles. The van der Waals surface area contributed by atoms with Crippen LogP contribution in [0.3, 0.4) is 0 Å². The third-order valence-electron chi connectivity index (χ3n) is 2.66. The molecule has 1 amide bonds. The molecule has 0 aliphatic carbocycles. The average Bonchev–Trinajstić information content (AvgIpc) is 2.48. The summed E-state index contributed by atoms with van der Waals surface area (Å²) in [7, 11) is 0. The van der Waals surface area contributed by atoms with Crippen LogP contribution in [0.5, 0.6) is 0 Å². The van der Waals surface area contributed by atoms with Gasteiger partial charge in [-0.2, -0.15) is 5.10 Å². The van der Waals surface area contributed by atoms with Crippen LogP contribution in [0.4, 0.5) is 0 Å². The van der Waals surface area contributed by atoms with Gasteiger partial charge in [0.2, 0.25) is 0 Å². The highest BCUT2D eigenvalue weighted by Crippen LogP contribution is 2.14. The van der Waals surface area contributed by atoms with Crippen LogP contribution in [-0.2, 0) is 0 Å². The molecular formula is C15H11ClN2O3. The van der Waals surface area contributed by atoms with Gasteiger partial charge in [-0.15, -0.1) is 0 Å². The first-order valence-electron chi connectivity index (χ1n) is 5.99. The van der Waals surface area contributed by atoms with Crippen LogP contribution >= 0.6 is 11.6 Å². The highest BCUT2D eigenvalue weighted by molar-refractivity contribution is 6.33. The zero-order valence-electron chi connectivity index (χ0n) is 10.8. The van der Waals surface area contributed by atoms with Gasteiger partial charge >= 0.3 is 5.97 Å². The van der Waals surface area contributed by atoms with E-state index in [9.17, 15) is 9.59 Å². The summed E-state index contributed by atoms with van der Waals surface area (Å²) in [5, 5.41) is 12.9. The smallest absolute Gasteiger partial charge is 0.335 e. The molecule has 0 unspecified atom stereocenters. The number of carbonyl (C=O) groups excluding carboxylic acids is 1. The molecule has 21 heavy (non-hydrogen) atoms. The number of halogens is 1. The van der Waals surface area contributed by atoms with Crippen molar-refractivity contribution in [1.29, 1.82) is 0 Å². The zero-order valence-corrected chi connectivity index (χ0v) is 11.5. The van der Waals surface area contributed by atoms with Gasteiger partial charge in [-0.3, -0.25) is 4.79 Å². The molecule has 0 fully saturated rings. The second-order valence-electron chi connectivity index (χ2n) is 4.11. The first-order chi connectivity index (χ1) is 10.1. The minimum atomic E-state index is -0.995. The highest BCUT2D eigenvalue weighted by atomic mass is 35.5. The first-order valence-corrected chi connectivity index (χ1v) is 6.37. The molecule has 2 rings (SSSR count). The SMILES string of the molecule is O=C(O)c1ccc(/C=N\NC(=O)c2ccccc2Cl)cc1. The van der Waals surface area contributed by atoms with E-state index in [0.717, 1.165) is 0 Å². The maximum atomic E-state index is 11.8. The zero-order chi connectivity index (χ0) is 15.2. The minimum Gasteiger partial charge on any atom is -0.478 e. The van der Waals surface area contributed by atoms with E-state index in [1.807, 2.05) is 0 Å². The lowest BCUT2D eigenvalue weighted by Gasteiger charge is -2.01. The molecule has 5 nitrogen and oxygen atoms in total. The number of nitrogens with one attached hydrogen (secondary N) is 1. The van der Waals surface area contributed by atoms with E-state index in [4.69, 9.17) is 16.7 Å². The number of aromatic carboxylic acids is 1. The highest BCUT2D eigenvalue weighted by Gasteiger charge is 2.07. The number of carboxylic acid groups (broad SMARTS) is 1. The Bertz CT molecular complexity index is 696. The standard InChI is InChI=1S/C15H11ClN2O3/c16-13-4-2-1-3-12(13)14(19)18-17-9-10-5-7-11(8-6-10)15(20)21/h1-9H,(H,18,19)(H,20,21)/b17-9-. The number of benzene rings is 2. The number of amides is 1. The van der Waals surface area contributed by atoms with Gasteiger partial charge in [-0.05, 0) is 29.8 Å². The molecule has 0 aliphatic heterocycles. The van der Waals surface area contributed by atoms with Crippen LogP contribution in [-0.4, -0.2) is 23.2 Å². The van der Waals surface area contributed by atoms with Crippen molar-refractivity contribution in [2.24, 2.45) is 5.10 Å². The minimum absolute atomic E-state index is 0.187. The molecule has 2 aromatic carbocycles. The predicted molar refractivity (Wildman–Crippen MR) is 79.9 cm³/mol. The van der Waals surface area contributed by atoms with Crippen molar-refractivity contribution in [2.45, 2.75) is 0 Å². The summed E-state index contributed by atoms with van der Waals surface area (Å²) in [6.07, 6.45) is 1.42. The quantitative estimate of drug-likeness (QED) is 0.673. The number of carbonyl (C=O) groups is 2. The average molecular weight is 303 g/mol. The maximum absolute atomic E-state index is 11.8. The topological polar surface area (TPSA) is 78.8 Å². The first kappa shape index (κ1) is 14.7. The number of hydrazone groups is 1. The van der Waals surface area contributed by atoms with Crippen LogP contribution < -0.4 is 5.43 Å². The molecule has 0 spiro atoms. The molecule has 0 aromatic heterocycles. The Balaban J connectivity index is 2.01. The van der Waals surface area contributed by atoms with E-state index in [0.29, 0.717) is 16.1 Å². The van der Waals surface area contributed by atoms with E-state index in [-0.39, 0.29) is 5.56 Å². The van der Waals surface area contributed by atoms with Crippen molar-refractivity contribution in [3.8, 4) is 0 Å². The lowest BCUT2D eigenvalue weighted by molar-refractivity contribution is 0.0696. The molecule has 2 N–H and O–H groups in total. The Morgan fingerprint density at radius 2 is 1.76 bits per heavy atom. The molecular weight excluding hydrogens is 292 g/mol. The van der Waals surface area contributed by atoms with Gasteiger partial charge < -0.3 is 5.11 Å². The molecule has 2 aromatic rings. The van der Waals surface area contributed by atoms with Crippen molar-refractivity contribution in [3.63, 3.8) is 0 Å². The summed E-state index contributed by atoms with van der Waals surface area (Å²) in [4.78, 5) is 22.5. The Labute approximate surface area is 125 Å². The molecule has 0 atom stereocenters. The van der Waals surface area contributed by atoms with Crippen molar-refractivity contribution in [3.05, 3.63) is 70.2 Å². The monoisotopic (exact) mass is 302 g/mol. The van der Waals surface area contributed by atoms with Crippen LogP contribution in [0.25, 0.3) is 0 Å². The van der Waals surface area contributed by atoms with E-state index in [1.54, 1.807) is 36.4 Å².